The molecule has 2 rings (SSSR count). The molecule has 2 aromatic carbocycles. The number of benzene rings is 2. The van der Waals surface area contributed by atoms with Crippen molar-refractivity contribution in [3.63, 3.8) is 0 Å². The normalized spacial score (nSPS) is 10.2. The molecule has 2 aromatic rings. The summed E-state index contributed by atoms with van der Waals surface area (Å²) in [6.45, 7) is 0. The lowest BCUT2D eigenvalue weighted by Gasteiger charge is -2.07. The van der Waals surface area contributed by atoms with Crippen LogP contribution in [0, 0.1) is 17.5 Å². The molecule has 6 heteroatoms. The van der Waals surface area contributed by atoms with E-state index in [1.54, 1.807) is 0 Å². The molecule has 0 bridgehead atoms. The van der Waals surface area contributed by atoms with E-state index in [2.05, 4.69) is 5.32 Å². The maximum absolute atomic E-state index is 13.5. The Hall–Kier alpha value is -2.50. The van der Waals surface area contributed by atoms with Crippen LogP contribution in [0.4, 0.5) is 18.9 Å². The lowest BCUT2D eigenvalue weighted by molar-refractivity contribution is 0.102. The van der Waals surface area contributed by atoms with Crippen molar-refractivity contribution in [1.29, 1.82) is 0 Å². The Morgan fingerprint density at radius 3 is 2.35 bits per heavy atom. The number of anilines is 1. The van der Waals surface area contributed by atoms with E-state index in [1.165, 1.54) is 25.3 Å². The van der Waals surface area contributed by atoms with E-state index in [1.807, 2.05) is 0 Å². The summed E-state index contributed by atoms with van der Waals surface area (Å²) in [6, 6.07) is 6.59. The molecule has 0 aliphatic rings. The summed E-state index contributed by atoms with van der Waals surface area (Å²) >= 11 is 0. The van der Waals surface area contributed by atoms with Gasteiger partial charge in [0.2, 0.25) is 0 Å². The second kappa shape index (κ2) is 5.64. The van der Waals surface area contributed by atoms with E-state index in [0.29, 0.717) is 0 Å². The molecule has 0 aliphatic heterocycles. The highest BCUT2D eigenvalue weighted by Crippen LogP contribution is 2.19. The minimum absolute atomic E-state index is 0.00868. The third-order valence-corrected chi connectivity index (χ3v) is 2.59. The van der Waals surface area contributed by atoms with Crippen LogP contribution < -0.4 is 10.1 Å². The second-order valence-electron chi connectivity index (χ2n) is 3.93. The van der Waals surface area contributed by atoms with E-state index in [-0.39, 0.29) is 17.0 Å². The number of nitrogens with one attached hydrogen (secondary N) is 1. The standard InChI is InChI=1S/C14H10F3NO2/c1-20-13-5-2-8(6-12(13)17)14(19)18-9-3-4-10(15)11(16)7-9/h2-7H,1H3,(H,18,19). The number of rotatable bonds is 3. The summed E-state index contributed by atoms with van der Waals surface area (Å²) in [5.41, 5.74) is 0.109. The molecule has 104 valence electrons. The van der Waals surface area contributed by atoms with Gasteiger partial charge in [0.25, 0.3) is 5.91 Å². The molecule has 0 fully saturated rings. The number of ether oxygens (including phenoxy) is 1. The van der Waals surface area contributed by atoms with Gasteiger partial charge in [0.05, 0.1) is 7.11 Å². The molecule has 0 radical (unpaired) electrons. The van der Waals surface area contributed by atoms with Crippen LogP contribution in [0.3, 0.4) is 0 Å². The average Bonchev–Trinajstić information content (AvgIpc) is 2.42. The van der Waals surface area contributed by atoms with E-state index in [4.69, 9.17) is 4.74 Å². The molecule has 0 saturated heterocycles. The molecule has 0 heterocycles. The fourth-order valence-corrected chi connectivity index (χ4v) is 1.58. The van der Waals surface area contributed by atoms with E-state index >= 15 is 0 Å². The summed E-state index contributed by atoms with van der Waals surface area (Å²) in [6.07, 6.45) is 0. The summed E-state index contributed by atoms with van der Waals surface area (Å²) in [5.74, 6) is -3.42. The lowest BCUT2D eigenvalue weighted by Crippen LogP contribution is -2.12. The van der Waals surface area contributed by atoms with Crippen molar-refractivity contribution in [1.82, 2.24) is 0 Å². The van der Waals surface area contributed by atoms with Gasteiger partial charge < -0.3 is 10.1 Å². The number of hydrogen-bond acceptors (Lipinski definition) is 2. The molecule has 3 nitrogen and oxygen atoms in total. The highest BCUT2D eigenvalue weighted by Gasteiger charge is 2.11. The Kier molecular flexibility index (Phi) is 3.93. The Morgan fingerprint density at radius 2 is 1.75 bits per heavy atom. The molecule has 1 amide bonds. The summed E-state index contributed by atoms with van der Waals surface area (Å²) in [5, 5.41) is 2.34. The van der Waals surface area contributed by atoms with E-state index in [0.717, 1.165) is 18.2 Å². The number of hydrogen-bond donors (Lipinski definition) is 1. The highest BCUT2D eigenvalue weighted by molar-refractivity contribution is 6.04. The maximum atomic E-state index is 13.5. The predicted molar refractivity (Wildman–Crippen MR) is 67.3 cm³/mol. The number of carbonyl (C=O) groups excluding carboxylic acids is 1. The number of amides is 1. The van der Waals surface area contributed by atoms with Crippen molar-refractivity contribution < 1.29 is 22.7 Å². The predicted octanol–water partition coefficient (Wildman–Crippen LogP) is 3.36. The van der Waals surface area contributed by atoms with Gasteiger partial charge in [-0.05, 0) is 30.3 Å². The summed E-state index contributed by atoms with van der Waals surface area (Å²) in [4.78, 5) is 11.8. The zero-order valence-corrected chi connectivity index (χ0v) is 10.4. The highest BCUT2D eigenvalue weighted by atomic mass is 19.2. The molecular formula is C14H10F3NO2. The molecular weight excluding hydrogens is 271 g/mol. The van der Waals surface area contributed by atoms with Gasteiger partial charge in [-0.3, -0.25) is 4.79 Å². The van der Waals surface area contributed by atoms with Crippen LogP contribution in [0.2, 0.25) is 0 Å². The fraction of sp³-hybridized carbons (Fsp3) is 0.0714. The van der Waals surface area contributed by atoms with Crippen LogP contribution >= 0.6 is 0 Å². The Bertz CT molecular complexity index is 659. The molecule has 0 saturated carbocycles. The number of carbonyl (C=O) groups is 1. The van der Waals surface area contributed by atoms with Crippen molar-refractivity contribution in [3.8, 4) is 5.75 Å². The molecule has 0 unspecified atom stereocenters. The Labute approximate surface area is 113 Å². The van der Waals surface area contributed by atoms with Crippen LogP contribution in [-0.4, -0.2) is 13.0 Å². The zero-order valence-electron chi connectivity index (χ0n) is 10.4. The topological polar surface area (TPSA) is 38.3 Å². The minimum Gasteiger partial charge on any atom is -0.494 e. The quantitative estimate of drug-likeness (QED) is 0.936. The van der Waals surface area contributed by atoms with Gasteiger partial charge in [0, 0.05) is 17.3 Å². The fourth-order valence-electron chi connectivity index (χ4n) is 1.58. The lowest BCUT2D eigenvalue weighted by atomic mass is 10.2. The Morgan fingerprint density at radius 1 is 1.00 bits per heavy atom. The van der Waals surface area contributed by atoms with Gasteiger partial charge in [-0.15, -0.1) is 0 Å². The van der Waals surface area contributed by atoms with Crippen LogP contribution in [-0.2, 0) is 0 Å². The molecule has 0 spiro atoms. The Balaban J connectivity index is 2.19. The second-order valence-corrected chi connectivity index (χ2v) is 3.93. The van der Waals surface area contributed by atoms with Crippen LogP contribution in [0.5, 0.6) is 5.75 Å². The smallest absolute Gasteiger partial charge is 0.255 e. The first-order valence-corrected chi connectivity index (χ1v) is 5.61. The molecule has 0 atom stereocenters. The van der Waals surface area contributed by atoms with E-state index < -0.39 is 23.4 Å². The van der Waals surface area contributed by atoms with Gasteiger partial charge in [-0.2, -0.15) is 0 Å². The molecule has 0 aromatic heterocycles. The maximum Gasteiger partial charge on any atom is 0.255 e. The van der Waals surface area contributed by atoms with Gasteiger partial charge in [0.15, 0.2) is 23.2 Å². The van der Waals surface area contributed by atoms with Crippen molar-refractivity contribution in [3.05, 3.63) is 59.4 Å². The van der Waals surface area contributed by atoms with Crippen LogP contribution in [0.1, 0.15) is 10.4 Å². The zero-order chi connectivity index (χ0) is 14.7. The van der Waals surface area contributed by atoms with Crippen molar-refractivity contribution >= 4 is 11.6 Å². The van der Waals surface area contributed by atoms with Gasteiger partial charge in [0.1, 0.15) is 0 Å². The van der Waals surface area contributed by atoms with Crippen LogP contribution in [0.15, 0.2) is 36.4 Å². The molecule has 1 N–H and O–H groups in total. The molecule has 20 heavy (non-hydrogen) atoms. The summed E-state index contributed by atoms with van der Waals surface area (Å²) in [7, 11) is 1.31. The first-order valence-electron chi connectivity index (χ1n) is 5.61. The largest absolute Gasteiger partial charge is 0.494 e. The van der Waals surface area contributed by atoms with Crippen molar-refractivity contribution in [2.75, 3.05) is 12.4 Å². The molecule has 0 aliphatic carbocycles. The SMILES string of the molecule is COc1ccc(C(=O)Nc2ccc(F)c(F)c2)cc1F. The first-order chi connectivity index (χ1) is 9.51. The number of halogens is 3. The van der Waals surface area contributed by atoms with Gasteiger partial charge in [-0.1, -0.05) is 0 Å². The average molecular weight is 281 g/mol. The van der Waals surface area contributed by atoms with Crippen molar-refractivity contribution in [2.24, 2.45) is 0 Å². The summed E-state index contributed by atoms with van der Waals surface area (Å²) < 4.78 is 43.9. The first kappa shape index (κ1) is 13.9. The minimum atomic E-state index is -1.08. The number of methoxy groups -OCH3 is 1. The van der Waals surface area contributed by atoms with Gasteiger partial charge >= 0.3 is 0 Å². The third kappa shape index (κ3) is 2.90. The third-order valence-electron chi connectivity index (χ3n) is 2.59. The van der Waals surface area contributed by atoms with Gasteiger partial charge in [-0.25, -0.2) is 13.2 Å². The van der Waals surface area contributed by atoms with E-state index in [9.17, 15) is 18.0 Å². The van der Waals surface area contributed by atoms with Crippen LogP contribution in [0.25, 0.3) is 0 Å². The monoisotopic (exact) mass is 281 g/mol. The van der Waals surface area contributed by atoms with Crippen molar-refractivity contribution in [2.45, 2.75) is 0 Å².